The van der Waals surface area contributed by atoms with Crippen LogP contribution in [0.2, 0.25) is 0 Å². The molecule has 0 bridgehead atoms. The fourth-order valence-electron chi connectivity index (χ4n) is 2.04. The summed E-state index contributed by atoms with van der Waals surface area (Å²) in [7, 11) is 0. The predicted octanol–water partition coefficient (Wildman–Crippen LogP) is 4.85. The highest BCUT2D eigenvalue weighted by molar-refractivity contribution is 4.61. The quantitative estimate of drug-likeness (QED) is 0.473. The van der Waals surface area contributed by atoms with Crippen LogP contribution in [0.3, 0.4) is 0 Å². The second-order valence-electron chi connectivity index (χ2n) is 5.02. The number of hydrogen-bond donors (Lipinski definition) is 1. The zero-order valence-electron chi connectivity index (χ0n) is 11.3. The van der Waals surface area contributed by atoms with Crippen LogP contribution in [0.25, 0.3) is 0 Å². The molecule has 97 valence electrons. The zero-order valence-corrected chi connectivity index (χ0v) is 11.3. The first kappa shape index (κ1) is 16.0. The molecule has 1 radical (unpaired) electrons. The van der Waals surface area contributed by atoms with E-state index in [4.69, 9.17) is 5.73 Å². The molecule has 0 aliphatic carbocycles. The molecule has 16 heavy (non-hydrogen) atoms. The van der Waals surface area contributed by atoms with Gasteiger partial charge >= 0.3 is 0 Å². The molecule has 0 rings (SSSR count). The molecule has 1 atom stereocenters. The van der Waals surface area contributed by atoms with Crippen molar-refractivity contribution in [2.45, 2.75) is 90.0 Å². The largest absolute Gasteiger partial charge is 0.328 e. The molecule has 0 saturated carbocycles. The molecule has 0 aromatic carbocycles. The highest BCUT2D eigenvalue weighted by Gasteiger charge is 1.98. The Labute approximate surface area is 103 Å². The maximum absolute atomic E-state index is 5.82. The summed E-state index contributed by atoms with van der Waals surface area (Å²) in [5, 5.41) is 0. The molecule has 0 aromatic heterocycles. The molecule has 1 heteroatoms. The molecule has 0 spiro atoms. The zero-order chi connectivity index (χ0) is 12.1. The van der Waals surface area contributed by atoms with Gasteiger partial charge in [-0.15, -0.1) is 0 Å². The lowest BCUT2D eigenvalue weighted by atomic mass is 10.0. The smallest absolute Gasteiger partial charge is 0.00388 e. The summed E-state index contributed by atoms with van der Waals surface area (Å²) >= 11 is 0. The average Bonchev–Trinajstić information content (AvgIpc) is 2.31. The lowest BCUT2D eigenvalue weighted by Gasteiger charge is -2.07. The van der Waals surface area contributed by atoms with E-state index in [-0.39, 0.29) is 0 Å². The van der Waals surface area contributed by atoms with E-state index in [2.05, 4.69) is 13.8 Å². The minimum atomic E-state index is 0.342. The van der Waals surface area contributed by atoms with Gasteiger partial charge in [-0.1, -0.05) is 78.1 Å². The number of unbranched alkanes of at least 4 members (excludes halogenated alkanes) is 9. The second-order valence-corrected chi connectivity index (χ2v) is 5.02. The molecular weight excluding hydrogens is 194 g/mol. The minimum Gasteiger partial charge on any atom is -0.328 e. The summed E-state index contributed by atoms with van der Waals surface area (Å²) in [5.41, 5.74) is 5.82. The Hall–Kier alpha value is -0.0400. The molecule has 0 saturated heterocycles. The van der Waals surface area contributed by atoms with Crippen molar-refractivity contribution in [2.24, 2.45) is 5.73 Å². The Morgan fingerprint density at radius 3 is 1.69 bits per heavy atom. The van der Waals surface area contributed by atoms with Crippen LogP contribution in [0.15, 0.2) is 0 Å². The van der Waals surface area contributed by atoms with E-state index in [1.165, 1.54) is 70.6 Å². The summed E-state index contributed by atoms with van der Waals surface area (Å²) in [6, 6.07) is 0.342. The highest BCUT2D eigenvalue weighted by Crippen LogP contribution is 2.11. The third kappa shape index (κ3) is 12.0. The molecule has 0 aliphatic heterocycles. The Morgan fingerprint density at radius 2 is 1.25 bits per heavy atom. The van der Waals surface area contributed by atoms with Crippen molar-refractivity contribution in [2.75, 3.05) is 0 Å². The maximum Gasteiger partial charge on any atom is 0.00388 e. The van der Waals surface area contributed by atoms with Crippen molar-refractivity contribution in [3.8, 4) is 0 Å². The van der Waals surface area contributed by atoms with Crippen molar-refractivity contribution in [3.63, 3.8) is 0 Å². The molecule has 0 aromatic rings. The van der Waals surface area contributed by atoms with Gasteiger partial charge in [-0.05, 0) is 12.8 Å². The predicted molar refractivity (Wildman–Crippen MR) is 74.4 cm³/mol. The Kier molecular flexibility index (Phi) is 13.0. The van der Waals surface area contributed by atoms with Crippen LogP contribution < -0.4 is 5.73 Å². The normalized spacial score (nSPS) is 12.9. The van der Waals surface area contributed by atoms with Gasteiger partial charge in [0.25, 0.3) is 0 Å². The van der Waals surface area contributed by atoms with E-state index in [0.29, 0.717) is 6.04 Å². The third-order valence-electron chi connectivity index (χ3n) is 3.30. The van der Waals surface area contributed by atoms with Crippen LogP contribution in [-0.2, 0) is 0 Å². The first-order valence-corrected chi connectivity index (χ1v) is 7.36. The lowest BCUT2D eigenvalue weighted by molar-refractivity contribution is 0.522. The second kappa shape index (κ2) is 13.0. The topological polar surface area (TPSA) is 26.0 Å². The molecule has 0 aliphatic rings. The first-order chi connectivity index (χ1) is 7.81. The van der Waals surface area contributed by atoms with E-state index < -0.39 is 0 Å². The summed E-state index contributed by atoms with van der Waals surface area (Å²) in [4.78, 5) is 0. The van der Waals surface area contributed by atoms with Crippen LogP contribution in [0.4, 0.5) is 0 Å². The van der Waals surface area contributed by atoms with Gasteiger partial charge in [0.05, 0.1) is 0 Å². The average molecular weight is 226 g/mol. The van der Waals surface area contributed by atoms with Gasteiger partial charge < -0.3 is 5.73 Å². The van der Waals surface area contributed by atoms with E-state index in [0.717, 1.165) is 6.42 Å². The van der Waals surface area contributed by atoms with Crippen LogP contribution in [0.5, 0.6) is 0 Å². The lowest BCUT2D eigenvalue weighted by Crippen LogP contribution is -2.17. The molecular formula is C15H32N. The van der Waals surface area contributed by atoms with E-state index in [1.807, 2.05) is 0 Å². The standard InChI is InChI=1S/C15H32N/c1-3-5-6-7-8-9-10-11-12-13-14-15(16)4-2/h15H,2-14,16H2,1H3. The number of hydrogen-bond acceptors (Lipinski definition) is 1. The van der Waals surface area contributed by atoms with Crippen molar-refractivity contribution >= 4 is 0 Å². The third-order valence-corrected chi connectivity index (χ3v) is 3.30. The van der Waals surface area contributed by atoms with Gasteiger partial charge in [0.2, 0.25) is 0 Å². The van der Waals surface area contributed by atoms with Crippen molar-refractivity contribution in [1.82, 2.24) is 0 Å². The Bertz CT molecular complexity index is 123. The van der Waals surface area contributed by atoms with Crippen LogP contribution in [-0.4, -0.2) is 6.04 Å². The SMILES string of the molecule is [CH2]CC(N)CCCCCCCCCCCC. The number of rotatable bonds is 12. The van der Waals surface area contributed by atoms with Gasteiger partial charge in [-0.25, -0.2) is 0 Å². The van der Waals surface area contributed by atoms with Crippen LogP contribution >= 0.6 is 0 Å². The Balaban J connectivity index is 2.93. The number of nitrogens with two attached hydrogens (primary N) is 1. The fourth-order valence-corrected chi connectivity index (χ4v) is 2.04. The van der Waals surface area contributed by atoms with Crippen molar-refractivity contribution in [3.05, 3.63) is 6.92 Å². The van der Waals surface area contributed by atoms with E-state index in [1.54, 1.807) is 0 Å². The van der Waals surface area contributed by atoms with Gasteiger partial charge in [-0.3, -0.25) is 0 Å². The first-order valence-electron chi connectivity index (χ1n) is 7.36. The van der Waals surface area contributed by atoms with Crippen LogP contribution in [0, 0.1) is 6.92 Å². The molecule has 1 nitrogen and oxygen atoms in total. The van der Waals surface area contributed by atoms with E-state index in [9.17, 15) is 0 Å². The Morgan fingerprint density at radius 1 is 0.812 bits per heavy atom. The fraction of sp³-hybridized carbons (Fsp3) is 0.933. The van der Waals surface area contributed by atoms with Gasteiger partial charge in [0, 0.05) is 6.04 Å². The molecule has 0 heterocycles. The highest BCUT2D eigenvalue weighted by atomic mass is 14.6. The molecule has 0 amide bonds. The minimum absolute atomic E-state index is 0.342. The summed E-state index contributed by atoms with van der Waals surface area (Å²) in [6.45, 7) is 6.10. The van der Waals surface area contributed by atoms with Crippen molar-refractivity contribution < 1.29 is 0 Å². The van der Waals surface area contributed by atoms with Crippen LogP contribution in [0.1, 0.15) is 84.0 Å². The van der Waals surface area contributed by atoms with Gasteiger partial charge in [0.1, 0.15) is 0 Å². The summed E-state index contributed by atoms with van der Waals surface area (Å²) < 4.78 is 0. The summed E-state index contributed by atoms with van der Waals surface area (Å²) in [5.74, 6) is 0. The monoisotopic (exact) mass is 226 g/mol. The molecule has 1 unspecified atom stereocenters. The summed E-state index contributed by atoms with van der Waals surface area (Å²) in [6.07, 6.45) is 16.1. The maximum atomic E-state index is 5.82. The molecule has 0 fully saturated rings. The molecule has 2 N–H and O–H groups in total. The van der Waals surface area contributed by atoms with Gasteiger partial charge in [-0.2, -0.15) is 0 Å². The van der Waals surface area contributed by atoms with Gasteiger partial charge in [0.15, 0.2) is 0 Å². The van der Waals surface area contributed by atoms with Crippen molar-refractivity contribution in [1.29, 1.82) is 0 Å². The van der Waals surface area contributed by atoms with E-state index >= 15 is 0 Å².